The summed E-state index contributed by atoms with van der Waals surface area (Å²) in [5, 5.41) is 0. The molecule has 0 unspecified atom stereocenters. The first kappa shape index (κ1) is 29.1. The molecular weight excluding hydrogens is 448 g/mol. The predicted octanol–water partition coefficient (Wildman–Crippen LogP) is 11.1. The summed E-state index contributed by atoms with van der Waals surface area (Å²) in [6, 6.07) is 17.9. The van der Waals surface area contributed by atoms with E-state index in [1.165, 1.54) is 80.1 Å². The quantitative estimate of drug-likeness (QED) is 0.153. The van der Waals surface area contributed by atoms with E-state index >= 15 is 0 Å². The summed E-state index contributed by atoms with van der Waals surface area (Å²) >= 11 is 0. The van der Waals surface area contributed by atoms with Gasteiger partial charge in [-0.3, -0.25) is 0 Å². The molecule has 2 heteroatoms. The summed E-state index contributed by atoms with van der Waals surface area (Å²) in [7, 11) is 0. The average molecular weight is 499 g/mol. The van der Waals surface area contributed by atoms with Crippen molar-refractivity contribution in [1.82, 2.24) is 0 Å². The zero-order valence-electron chi connectivity index (χ0n) is 24.1. The molecule has 0 saturated carbocycles. The molecule has 0 N–H and O–H groups in total. The third kappa shape index (κ3) is 8.00. The van der Waals surface area contributed by atoms with E-state index in [1.807, 2.05) is 0 Å². The summed E-state index contributed by atoms with van der Waals surface area (Å²) in [5.41, 5.74) is 21.7. The smallest absolute Gasteiger partial charge is 0.211 e. The molecule has 37 heavy (non-hydrogen) atoms. The van der Waals surface area contributed by atoms with E-state index in [1.54, 1.807) is 4.70 Å². The molecule has 0 bridgehead atoms. The van der Waals surface area contributed by atoms with Crippen LogP contribution in [-0.4, -0.2) is 4.70 Å². The van der Waals surface area contributed by atoms with Crippen molar-refractivity contribution in [2.75, 3.05) is 0 Å². The van der Waals surface area contributed by atoms with Crippen molar-refractivity contribution in [3.63, 3.8) is 0 Å². The van der Waals surface area contributed by atoms with Crippen LogP contribution in [-0.2, 0) is 12.8 Å². The van der Waals surface area contributed by atoms with Crippen LogP contribution in [0.5, 0.6) is 0 Å². The number of benzene rings is 2. The molecule has 0 amide bonds. The van der Waals surface area contributed by atoms with E-state index < -0.39 is 0 Å². The van der Waals surface area contributed by atoms with Gasteiger partial charge in [-0.2, -0.15) is 0 Å². The van der Waals surface area contributed by atoms with Crippen LogP contribution < -0.4 is 0 Å². The number of nitrogens with zero attached hydrogens (tertiary/aromatic N) is 2. The summed E-state index contributed by atoms with van der Waals surface area (Å²) < 4.78 is 1.56. The van der Waals surface area contributed by atoms with Crippen molar-refractivity contribution in [3.8, 4) is 0 Å². The van der Waals surface area contributed by atoms with Gasteiger partial charge in [0.2, 0.25) is 11.4 Å². The molecule has 2 aromatic carbocycles. The molecule has 2 nitrogen and oxygen atoms in total. The Morgan fingerprint density at radius 3 is 1.49 bits per heavy atom. The summed E-state index contributed by atoms with van der Waals surface area (Å²) in [6.45, 7) is 9.05. The first-order chi connectivity index (χ1) is 18.1. The normalized spacial score (nSPS) is 13.8. The van der Waals surface area contributed by atoms with Crippen LogP contribution in [0.1, 0.15) is 133 Å². The molecule has 0 spiro atoms. The second-order valence-corrected chi connectivity index (χ2v) is 10.8. The fourth-order valence-corrected chi connectivity index (χ4v) is 5.58. The van der Waals surface area contributed by atoms with Crippen molar-refractivity contribution in [1.29, 1.82) is 0 Å². The Hall–Kier alpha value is -2.48. The molecule has 1 aliphatic rings. The van der Waals surface area contributed by atoms with Gasteiger partial charge in [-0.25, -0.2) is 4.70 Å². The fourth-order valence-electron chi connectivity index (χ4n) is 5.58. The van der Waals surface area contributed by atoms with E-state index in [4.69, 9.17) is 0 Å². The molecular formula is C35H50N2. The van der Waals surface area contributed by atoms with Crippen LogP contribution in [0.25, 0.3) is 16.9 Å². The summed E-state index contributed by atoms with van der Waals surface area (Å²) in [4.78, 5) is 0. The van der Waals surface area contributed by atoms with Gasteiger partial charge in [-0.05, 0) is 86.8 Å². The maximum absolute atomic E-state index is 11.9. The molecule has 1 aliphatic heterocycles. The minimum absolute atomic E-state index is 1.02. The highest BCUT2D eigenvalue weighted by molar-refractivity contribution is 5.82. The molecule has 0 fully saturated rings. The van der Waals surface area contributed by atoms with Gasteiger partial charge in [-0.15, -0.1) is 0 Å². The minimum atomic E-state index is 1.02. The van der Waals surface area contributed by atoms with Crippen LogP contribution in [0.15, 0.2) is 59.7 Å². The molecule has 0 radical (unpaired) electrons. The van der Waals surface area contributed by atoms with Gasteiger partial charge in [0.05, 0.1) is 0 Å². The first-order valence-electron chi connectivity index (χ1n) is 15.3. The monoisotopic (exact) mass is 498 g/mol. The second kappa shape index (κ2) is 15.7. The van der Waals surface area contributed by atoms with Crippen LogP contribution in [0.4, 0.5) is 0 Å². The standard InChI is InChI=1S/C35H50N2/c1-5-9-13-15-19-29-21-17-23-31(27-29)35-33(25-14-10-6-2)32(24-12-8-4)34(37(35)36)30-22-16-20-28(26-30)18-11-7-3/h16-17,20-23,26-27H,5-15,18-19,24-25H2,1-4H3. The molecule has 0 aromatic heterocycles. The van der Waals surface area contributed by atoms with Crippen LogP contribution in [0.2, 0.25) is 0 Å². The van der Waals surface area contributed by atoms with Gasteiger partial charge in [0.15, 0.2) is 0 Å². The highest BCUT2D eigenvalue weighted by atomic mass is 15.2. The largest absolute Gasteiger partial charge is 0.493 e. The van der Waals surface area contributed by atoms with Crippen LogP contribution >= 0.6 is 0 Å². The molecule has 200 valence electrons. The van der Waals surface area contributed by atoms with Crippen LogP contribution in [0.3, 0.4) is 0 Å². The van der Waals surface area contributed by atoms with E-state index in [9.17, 15) is 5.53 Å². The van der Waals surface area contributed by atoms with Gasteiger partial charge >= 0.3 is 0 Å². The van der Waals surface area contributed by atoms with Gasteiger partial charge in [0.25, 0.3) is 0 Å². The lowest BCUT2D eigenvalue weighted by Gasteiger charge is -2.12. The Morgan fingerprint density at radius 2 is 0.946 bits per heavy atom. The Kier molecular flexibility index (Phi) is 12.3. The number of allylic oxidation sites excluding steroid dienone is 2. The lowest BCUT2D eigenvalue weighted by Crippen LogP contribution is -2.03. The first-order valence-corrected chi connectivity index (χ1v) is 15.3. The highest BCUT2D eigenvalue weighted by Crippen LogP contribution is 2.44. The van der Waals surface area contributed by atoms with E-state index in [-0.39, 0.29) is 0 Å². The van der Waals surface area contributed by atoms with Gasteiger partial charge in [-0.1, -0.05) is 96.9 Å². The van der Waals surface area contributed by atoms with Gasteiger partial charge in [0.1, 0.15) is 0 Å². The maximum atomic E-state index is 11.9. The van der Waals surface area contributed by atoms with Crippen molar-refractivity contribution >= 4 is 11.4 Å². The maximum Gasteiger partial charge on any atom is 0.211 e. The second-order valence-electron chi connectivity index (χ2n) is 10.8. The third-order valence-electron chi connectivity index (χ3n) is 7.71. The van der Waals surface area contributed by atoms with E-state index in [0.717, 1.165) is 61.0 Å². The molecule has 0 atom stereocenters. The van der Waals surface area contributed by atoms with E-state index in [0.29, 0.717) is 0 Å². The summed E-state index contributed by atoms with van der Waals surface area (Å²) in [5.74, 6) is 0. The highest BCUT2D eigenvalue weighted by Gasteiger charge is 2.35. The van der Waals surface area contributed by atoms with E-state index in [2.05, 4.69) is 76.2 Å². The van der Waals surface area contributed by atoms with Gasteiger partial charge in [0, 0.05) is 22.3 Å². The van der Waals surface area contributed by atoms with Crippen molar-refractivity contribution in [2.24, 2.45) is 0 Å². The molecule has 3 rings (SSSR count). The molecule has 1 heterocycles. The number of hydrogen-bond acceptors (Lipinski definition) is 0. The lowest BCUT2D eigenvalue weighted by atomic mass is 9.91. The zero-order valence-corrected chi connectivity index (χ0v) is 24.1. The zero-order chi connectivity index (χ0) is 26.5. The van der Waals surface area contributed by atoms with Crippen molar-refractivity contribution in [2.45, 2.75) is 124 Å². The lowest BCUT2D eigenvalue weighted by molar-refractivity contribution is -0.345. The number of aryl methyl sites for hydroxylation is 2. The topological polar surface area (TPSA) is 25.3 Å². The fraction of sp³-hybridized carbons (Fsp3) is 0.543. The Morgan fingerprint density at radius 1 is 0.514 bits per heavy atom. The molecule has 0 aliphatic carbocycles. The molecule has 0 saturated heterocycles. The Balaban J connectivity index is 2.04. The van der Waals surface area contributed by atoms with Crippen molar-refractivity contribution in [3.05, 3.63) is 87.5 Å². The molecule has 2 aromatic rings. The number of unbranched alkanes of at least 4 members (excludes halogenated alkanes) is 7. The minimum Gasteiger partial charge on any atom is -0.493 e. The predicted molar refractivity (Wildman–Crippen MR) is 160 cm³/mol. The third-order valence-corrected chi connectivity index (χ3v) is 7.71. The Labute approximate surface area is 227 Å². The van der Waals surface area contributed by atoms with Crippen LogP contribution in [0, 0.1) is 0 Å². The summed E-state index contributed by atoms with van der Waals surface area (Å²) in [6.07, 6.45) is 17.6. The Bertz CT molecular complexity index is 1070. The number of rotatable bonds is 17. The number of hydrogen-bond donors (Lipinski definition) is 0. The average Bonchev–Trinajstić information content (AvgIpc) is 3.19. The van der Waals surface area contributed by atoms with Gasteiger partial charge < -0.3 is 5.53 Å². The van der Waals surface area contributed by atoms with Crippen molar-refractivity contribution < 1.29 is 4.70 Å². The SMILES string of the molecule is CCCCCCc1cccc(C2=C(CCCCC)C(CCCC)=C(c3cccc(CCCC)c3)[N+]2=[N-])c1.